The summed E-state index contributed by atoms with van der Waals surface area (Å²) < 4.78 is 56.1. The highest BCUT2D eigenvalue weighted by molar-refractivity contribution is 7.80. The molecule has 1 heterocycles. The molecule has 138 valence electrons. The average molecular weight is 380 g/mol. The van der Waals surface area contributed by atoms with Gasteiger partial charge >= 0.3 is 0 Å². The van der Waals surface area contributed by atoms with E-state index in [9.17, 15) is 13.0 Å². The Balaban J connectivity index is 2.18. The summed E-state index contributed by atoms with van der Waals surface area (Å²) in [6.45, 7) is 3.81. The van der Waals surface area contributed by atoms with Gasteiger partial charge in [0.25, 0.3) is 11.3 Å². The first-order valence-electron chi connectivity index (χ1n) is 8.13. The van der Waals surface area contributed by atoms with Crippen molar-refractivity contribution >= 4 is 22.7 Å². The summed E-state index contributed by atoms with van der Waals surface area (Å²) in [6.07, 6.45) is 1.08. The van der Waals surface area contributed by atoms with Gasteiger partial charge in [0, 0.05) is 36.1 Å². The van der Waals surface area contributed by atoms with Crippen molar-refractivity contribution < 1.29 is 22.3 Å². The summed E-state index contributed by atoms with van der Waals surface area (Å²) in [4.78, 5) is 4.65. The molecular weight excluding hydrogens is 362 g/mol. The van der Waals surface area contributed by atoms with E-state index >= 15 is 0 Å². The molecule has 2 aromatic rings. The summed E-state index contributed by atoms with van der Waals surface area (Å²) >= 11 is -2.23. The molecule has 2 N–H and O–H groups in total. The smallest absolute Gasteiger partial charge is 0.259 e. The molecule has 1 aliphatic rings. The van der Waals surface area contributed by atoms with E-state index in [1.807, 2.05) is 13.8 Å². The third-order valence-electron chi connectivity index (χ3n) is 4.35. The Bertz CT molecular complexity index is 898. The second kappa shape index (κ2) is 7.13. The minimum atomic E-state index is -2.23. The number of rotatable bonds is 5. The van der Waals surface area contributed by atoms with E-state index < -0.39 is 28.6 Å². The van der Waals surface area contributed by atoms with Crippen molar-refractivity contribution in [3.8, 4) is 5.75 Å². The van der Waals surface area contributed by atoms with Crippen LogP contribution in [0, 0.1) is 11.6 Å². The van der Waals surface area contributed by atoms with Crippen molar-refractivity contribution in [2.75, 3.05) is 4.72 Å². The van der Waals surface area contributed by atoms with Crippen LogP contribution in [0.2, 0.25) is 0 Å². The maximum atomic E-state index is 14.4. The fraction of sp³-hybridized carbons (Fsp3) is 0.278. The molecule has 1 unspecified atom stereocenters. The van der Waals surface area contributed by atoms with Crippen LogP contribution in [0.15, 0.2) is 41.4 Å². The Hall–Kier alpha value is -2.32. The van der Waals surface area contributed by atoms with Crippen molar-refractivity contribution in [2.24, 2.45) is 4.99 Å². The summed E-state index contributed by atoms with van der Waals surface area (Å²) in [5.41, 5.74) is 0.562. The first-order chi connectivity index (χ1) is 12.4. The van der Waals surface area contributed by atoms with Crippen LogP contribution in [0.5, 0.6) is 5.75 Å². The van der Waals surface area contributed by atoms with Gasteiger partial charge in [0.2, 0.25) is 0 Å². The highest BCUT2D eigenvalue weighted by atomic mass is 32.2. The second-order valence-electron chi connectivity index (χ2n) is 5.90. The van der Waals surface area contributed by atoms with Crippen molar-refractivity contribution in [2.45, 2.75) is 32.4 Å². The molecule has 0 saturated heterocycles. The molecule has 0 amide bonds. The van der Waals surface area contributed by atoms with Gasteiger partial charge in [-0.05, 0) is 24.3 Å². The fourth-order valence-corrected chi connectivity index (χ4v) is 3.23. The largest absolute Gasteiger partial charge is 0.465 e. The van der Waals surface area contributed by atoms with Crippen LogP contribution in [-0.4, -0.2) is 20.2 Å². The van der Waals surface area contributed by atoms with Gasteiger partial charge < -0.3 is 4.74 Å². The monoisotopic (exact) mass is 380 g/mol. The number of hydrogen-bond donors (Lipinski definition) is 2. The molecule has 5 nitrogen and oxygen atoms in total. The molecule has 1 atom stereocenters. The topological polar surface area (TPSA) is 70.9 Å². The molecule has 3 rings (SSSR count). The summed E-state index contributed by atoms with van der Waals surface area (Å²) in [5, 5.41) is 0. The Morgan fingerprint density at radius 3 is 2.46 bits per heavy atom. The SMILES string of the molecule is CCC1(CC)N=C(c2ccc(F)cc2F)c2ccc(NS(=O)O)cc2O1. The Kier molecular flexibility index (Phi) is 5.06. The van der Waals surface area contributed by atoms with Crippen LogP contribution in [-0.2, 0) is 11.3 Å². The van der Waals surface area contributed by atoms with Crippen molar-refractivity contribution in [3.05, 3.63) is 59.2 Å². The Morgan fingerprint density at radius 2 is 1.85 bits per heavy atom. The third-order valence-corrected chi connectivity index (χ3v) is 4.76. The Labute approximate surface area is 152 Å². The number of fused-ring (bicyclic) bond motifs is 1. The van der Waals surface area contributed by atoms with Crippen LogP contribution in [0.25, 0.3) is 0 Å². The molecule has 0 saturated carbocycles. The zero-order valence-corrected chi connectivity index (χ0v) is 15.1. The molecule has 0 radical (unpaired) electrons. The number of anilines is 1. The van der Waals surface area contributed by atoms with E-state index in [1.54, 1.807) is 18.2 Å². The fourth-order valence-electron chi connectivity index (χ4n) is 2.90. The van der Waals surface area contributed by atoms with E-state index in [1.165, 1.54) is 12.1 Å². The zero-order chi connectivity index (χ0) is 18.9. The number of nitrogens with one attached hydrogen (secondary N) is 1. The maximum Gasteiger partial charge on any atom is 0.259 e. The van der Waals surface area contributed by atoms with Gasteiger partial charge in [-0.25, -0.2) is 18.0 Å². The van der Waals surface area contributed by atoms with Gasteiger partial charge in [0.1, 0.15) is 17.4 Å². The van der Waals surface area contributed by atoms with Crippen molar-refractivity contribution in [1.82, 2.24) is 0 Å². The molecule has 0 aliphatic carbocycles. The number of hydrogen-bond acceptors (Lipinski definition) is 3. The molecule has 1 aliphatic heterocycles. The average Bonchev–Trinajstić information content (AvgIpc) is 2.60. The lowest BCUT2D eigenvalue weighted by atomic mass is 9.96. The summed E-state index contributed by atoms with van der Waals surface area (Å²) in [6, 6.07) is 8.11. The normalized spacial score (nSPS) is 16.3. The van der Waals surface area contributed by atoms with E-state index in [0.29, 0.717) is 35.6 Å². The van der Waals surface area contributed by atoms with Crippen LogP contribution in [0.1, 0.15) is 37.8 Å². The van der Waals surface area contributed by atoms with Gasteiger partial charge in [-0.3, -0.25) is 9.27 Å². The van der Waals surface area contributed by atoms with Gasteiger partial charge in [-0.15, -0.1) is 0 Å². The van der Waals surface area contributed by atoms with Crippen LogP contribution >= 0.6 is 0 Å². The lowest BCUT2D eigenvalue weighted by Crippen LogP contribution is -2.37. The van der Waals surface area contributed by atoms with Gasteiger partial charge in [0.15, 0.2) is 5.72 Å². The molecule has 8 heteroatoms. The number of ether oxygens (including phenoxy) is 1. The van der Waals surface area contributed by atoms with Crippen molar-refractivity contribution in [3.63, 3.8) is 0 Å². The predicted molar refractivity (Wildman–Crippen MR) is 96.8 cm³/mol. The lowest BCUT2D eigenvalue weighted by molar-refractivity contribution is 0.0660. The quantitative estimate of drug-likeness (QED) is 0.762. The minimum absolute atomic E-state index is 0.175. The van der Waals surface area contributed by atoms with Crippen LogP contribution in [0.3, 0.4) is 0 Å². The highest BCUT2D eigenvalue weighted by Crippen LogP contribution is 2.38. The van der Waals surface area contributed by atoms with Crippen LogP contribution in [0.4, 0.5) is 14.5 Å². The third kappa shape index (κ3) is 3.47. The Morgan fingerprint density at radius 1 is 1.15 bits per heavy atom. The van der Waals surface area contributed by atoms with E-state index in [4.69, 9.17) is 9.29 Å². The zero-order valence-electron chi connectivity index (χ0n) is 14.3. The molecule has 2 aromatic carbocycles. The maximum absolute atomic E-state index is 14.4. The summed E-state index contributed by atoms with van der Waals surface area (Å²) in [5.74, 6) is -0.962. The molecule has 0 bridgehead atoms. The predicted octanol–water partition coefficient (Wildman–Crippen LogP) is 4.26. The standard InChI is InChI=1S/C18H18F2N2O3S/c1-3-18(4-2)21-17(13-7-5-11(19)9-15(13)20)14-8-6-12(22-26(23)24)10-16(14)25-18/h5-10,22H,3-4H2,1-2H3,(H,23,24). The minimum Gasteiger partial charge on any atom is -0.465 e. The molecule has 26 heavy (non-hydrogen) atoms. The first-order valence-corrected chi connectivity index (χ1v) is 9.24. The number of halogens is 2. The number of nitrogens with zero attached hydrogens (tertiary/aromatic N) is 1. The number of aliphatic imine (C=N–C) groups is 1. The molecule has 0 spiro atoms. The highest BCUT2D eigenvalue weighted by Gasteiger charge is 2.35. The van der Waals surface area contributed by atoms with Gasteiger partial charge in [0.05, 0.1) is 11.4 Å². The summed E-state index contributed by atoms with van der Waals surface area (Å²) in [7, 11) is 0. The van der Waals surface area contributed by atoms with E-state index in [-0.39, 0.29) is 5.56 Å². The number of benzene rings is 2. The van der Waals surface area contributed by atoms with Crippen LogP contribution < -0.4 is 9.46 Å². The van der Waals surface area contributed by atoms with Gasteiger partial charge in [-0.1, -0.05) is 13.8 Å². The van der Waals surface area contributed by atoms with Crippen molar-refractivity contribution in [1.29, 1.82) is 0 Å². The van der Waals surface area contributed by atoms with E-state index in [0.717, 1.165) is 6.07 Å². The lowest BCUT2D eigenvalue weighted by Gasteiger charge is -2.35. The molecule has 0 fully saturated rings. The van der Waals surface area contributed by atoms with E-state index in [2.05, 4.69) is 9.71 Å². The molecule has 0 aromatic heterocycles. The molecular formula is C18H18F2N2O3S. The second-order valence-corrected chi connectivity index (χ2v) is 6.60. The first kappa shape index (κ1) is 18.5. The van der Waals surface area contributed by atoms with Gasteiger partial charge in [-0.2, -0.15) is 0 Å².